The maximum Gasteiger partial charge on any atom is 0.256 e. The van der Waals surface area contributed by atoms with E-state index in [2.05, 4.69) is 22.0 Å². The smallest absolute Gasteiger partial charge is 0.256 e. The number of halogens is 2. The minimum Gasteiger partial charge on any atom is -0.337 e. The first-order valence-electron chi connectivity index (χ1n) is 6.65. The van der Waals surface area contributed by atoms with Crippen LogP contribution in [0.5, 0.6) is 0 Å². The molecule has 4 heteroatoms. The zero-order chi connectivity index (χ0) is 15.6. The Morgan fingerprint density at radius 1 is 1.19 bits per heavy atom. The van der Waals surface area contributed by atoms with Gasteiger partial charge in [0.25, 0.3) is 5.91 Å². The third kappa shape index (κ3) is 3.70. The summed E-state index contributed by atoms with van der Waals surface area (Å²) in [6, 6.07) is 10.5. The Morgan fingerprint density at radius 2 is 1.90 bits per heavy atom. The van der Waals surface area contributed by atoms with Crippen molar-refractivity contribution in [1.82, 2.24) is 4.90 Å². The minimum atomic E-state index is -0.504. The highest BCUT2D eigenvalue weighted by Gasteiger charge is 2.17. The number of benzene rings is 2. The van der Waals surface area contributed by atoms with Crippen molar-refractivity contribution in [2.24, 2.45) is 0 Å². The highest BCUT2D eigenvalue weighted by atomic mass is 79.9. The van der Waals surface area contributed by atoms with Gasteiger partial charge in [-0.05, 0) is 43.2 Å². The molecule has 2 nitrogen and oxygen atoms in total. The molecule has 1 amide bonds. The highest BCUT2D eigenvalue weighted by molar-refractivity contribution is 9.10. The summed E-state index contributed by atoms with van der Waals surface area (Å²) in [5, 5.41) is 0. The van der Waals surface area contributed by atoms with Gasteiger partial charge in [-0.3, -0.25) is 4.79 Å². The Morgan fingerprint density at radius 3 is 2.57 bits per heavy atom. The second-order valence-electron chi connectivity index (χ2n) is 5.22. The standard InChI is InChI=1S/C17H17BrFNO/c1-11-4-5-13(12(2)8-11)10-20(3)17(21)15-9-14(18)6-7-16(15)19/h4-9H,10H2,1-3H3. The molecule has 0 spiro atoms. The first-order chi connectivity index (χ1) is 9.88. The number of nitrogens with zero attached hydrogens (tertiary/aromatic N) is 1. The van der Waals surface area contributed by atoms with E-state index in [1.807, 2.05) is 26.0 Å². The van der Waals surface area contributed by atoms with Crippen LogP contribution >= 0.6 is 15.9 Å². The second kappa shape index (κ2) is 6.39. The molecule has 0 heterocycles. The number of aryl methyl sites for hydroxylation is 2. The molecular formula is C17H17BrFNO. The lowest BCUT2D eigenvalue weighted by Gasteiger charge is -2.19. The molecule has 0 radical (unpaired) electrons. The Balaban J connectivity index is 2.21. The number of hydrogen-bond acceptors (Lipinski definition) is 1. The van der Waals surface area contributed by atoms with Gasteiger partial charge in [-0.15, -0.1) is 0 Å². The van der Waals surface area contributed by atoms with E-state index in [1.54, 1.807) is 13.1 Å². The van der Waals surface area contributed by atoms with E-state index in [0.717, 1.165) is 11.1 Å². The molecule has 0 fully saturated rings. The molecule has 0 aromatic heterocycles. The Kier molecular flexibility index (Phi) is 4.78. The van der Waals surface area contributed by atoms with Crippen molar-refractivity contribution in [2.45, 2.75) is 20.4 Å². The van der Waals surface area contributed by atoms with Crippen molar-refractivity contribution in [1.29, 1.82) is 0 Å². The third-order valence-electron chi connectivity index (χ3n) is 3.41. The first kappa shape index (κ1) is 15.7. The summed E-state index contributed by atoms with van der Waals surface area (Å²) in [5.41, 5.74) is 3.45. The molecule has 0 atom stereocenters. The van der Waals surface area contributed by atoms with E-state index in [1.165, 1.54) is 22.6 Å². The summed E-state index contributed by atoms with van der Waals surface area (Å²) in [5.74, 6) is -0.829. The largest absolute Gasteiger partial charge is 0.337 e. The van der Waals surface area contributed by atoms with Gasteiger partial charge in [-0.25, -0.2) is 4.39 Å². The van der Waals surface area contributed by atoms with Crippen LogP contribution in [-0.2, 0) is 6.54 Å². The number of rotatable bonds is 3. The molecule has 0 bridgehead atoms. The zero-order valence-corrected chi connectivity index (χ0v) is 13.9. The fourth-order valence-corrected chi connectivity index (χ4v) is 2.58. The maximum atomic E-state index is 13.8. The number of hydrogen-bond donors (Lipinski definition) is 0. The molecular weight excluding hydrogens is 333 g/mol. The molecule has 0 saturated carbocycles. The average molecular weight is 350 g/mol. The summed E-state index contributed by atoms with van der Waals surface area (Å²) in [4.78, 5) is 13.9. The SMILES string of the molecule is Cc1ccc(CN(C)C(=O)c2cc(Br)ccc2F)c(C)c1. The molecule has 0 aliphatic rings. The summed E-state index contributed by atoms with van der Waals surface area (Å²) >= 11 is 3.26. The second-order valence-corrected chi connectivity index (χ2v) is 6.13. The van der Waals surface area contributed by atoms with Crippen LogP contribution in [0.3, 0.4) is 0 Å². The highest BCUT2D eigenvalue weighted by Crippen LogP contribution is 2.19. The molecule has 2 aromatic rings. The molecule has 2 rings (SSSR count). The number of carbonyl (C=O) groups is 1. The topological polar surface area (TPSA) is 20.3 Å². The van der Waals surface area contributed by atoms with Crippen molar-refractivity contribution in [3.05, 3.63) is 68.9 Å². The van der Waals surface area contributed by atoms with Crippen LogP contribution in [0.15, 0.2) is 40.9 Å². The minimum absolute atomic E-state index is 0.0802. The molecule has 0 aliphatic heterocycles. The molecule has 2 aromatic carbocycles. The fourth-order valence-electron chi connectivity index (χ4n) is 2.22. The van der Waals surface area contributed by atoms with Crippen LogP contribution in [0, 0.1) is 19.7 Å². The van der Waals surface area contributed by atoms with Gasteiger partial charge in [0.15, 0.2) is 0 Å². The van der Waals surface area contributed by atoms with Gasteiger partial charge in [0.2, 0.25) is 0 Å². The molecule has 0 aliphatic carbocycles. The summed E-state index contributed by atoms with van der Waals surface area (Å²) in [6.07, 6.45) is 0. The van der Waals surface area contributed by atoms with Crippen molar-refractivity contribution in [3.63, 3.8) is 0 Å². The van der Waals surface area contributed by atoms with Crippen molar-refractivity contribution >= 4 is 21.8 Å². The molecule has 0 unspecified atom stereocenters. The lowest BCUT2D eigenvalue weighted by atomic mass is 10.1. The van der Waals surface area contributed by atoms with E-state index in [0.29, 0.717) is 11.0 Å². The molecule has 0 N–H and O–H groups in total. The Hall–Kier alpha value is -1.68. The van der Waals surface area contributed by atoms with E-state index in [9.17, 15) is 9.18 Å². The van der Waals surface area contributed by atoms with Gasteiger partial charge in [0, 0.05) is 18.1 Å². The third-order valence-corrected chi connectivity index (χ3v) is 3.90. The van der Waals surface area contributed by atoms with Crippen LogP contribution in [0.1, 0.15) is 27.0 Å². The van der Waals surface area contributed by atoms with Crippen molar-refractivity contribution < 1.29 is 9.18 Å². The molecule has 110 valence electrons. The van der Waals surface area contributed by atoms with Crippen LogP contribution < -0.4 is 0 Å². The van der Waals surface area contributed by atoms with Crippen LogP contribution in [0.2, 0.25) is 0 Å². The Labute approximate surface area is 132 Å². The fraction of sp³-hybridized carbons (Fsp3) is 0.235. The zero-order valence-electron chi connectivity index (χ0n) is 12.3. The van der Waals surface area contributed by atoms with E-state index in [-0.39, 0.29) is 11.5 Å². The van der Waals surface area contributed by atoms with Gasteiger partial charge in [0.05, 0.1) is 5.56 Å². The molecule has 0 saturated heterocycles. The lowest BCUT2D eigenvalue weighted by Crippen LogP contribution is -2.27. The monoisotopic (exact) mass is 349 g/mol. The summed E-state index contributed by atoms with van der Waals surface area (Å²) < 4.78 is 14.5. The maximum absolute atomic E-state index is 13.8. The predicted molar refractivity (Wildman–Crippen MR) is 85.8 cm³/mol. The summed E-state index contributed by atoms with van der Waals surface area (Å²) in [6.45, 7) is 4.50. The normalized spacial score (nSPS) is 10.5. The molecule has 21 heavy (non-hydrogen) atoms. The van der Waals surface area contributed by atoms with Gasteiger partial charge in [0.1, 0.15) is 5.82 Å². The van der Waals surface area contributed by atoms with E-state index in [4.69, 9.17) is 0 Å². The lowest BCUT2D eigenvalue weighted by molar-refractivity contribution is 0.0780. The van der Waals surface area contributed by atoms with E-state index < -0.39 is 5.82 Å². The number of amides is 1. The van der Waals surface area contributed by atoms with E-state index >= 15 is 0 Å². The van der Waals surface area contributed by atoms with Crippen molar-refractivity contribution in [2.75, 3.05) is 7.05 Å². The van der Waals surface area contributed by atoms with Crippen LogP contribution in [0.4, 0.5) is 4.39 Å². The van der Waals surface area contributed by atoms with Gasteiger partial charge in [-0.1, -0.05) is 39.7 Å². The van der Waals surface area contributed by atoms with Crippen molar-refractivity contribution in [3.8, 4) is 0 Å². The Bertz CT molecular complexity index is 684. The van der Waals surface area contributed by atoms with Gasteiger partial charge in [-0.2, -0.15) is 0 Å². The summed E-state index contributed by atoms with van der Waals surface area (Å²) in [7, 11) is 1.68. The van der Waals surface area contributed by atoms with Gasteiger partial charge < -0.3 is 4.90 Å². The quantitative estimate of drug-likeness (QED) is 0.799. The van der Waals surface area contributed by atoms with Gasteiger partial charge >= 0.3 is 0 Å². The predicted octanol–water partition coefficient (Wildman–Crippen LogP) is 4.48. The number of carbonyl (C=O) groups excluding carboxylic acids is 1. The average Bonchev–Trinajstić information content (AvgIpc) is 2.43. The van der Waals surface area contributed by atoms with Crippen LogP contribution in [0.25, 0.3) is 0 Å². The first-order valence-corrected chi connectivity index (χ1v) is 7.44. The van der Waals surface area contributed by atoms with Crippen LogP contribution in [-0.4, -0.2) is 17.9 Å².